The highest BCUT2D eigenvalue weighted by molar-refractivity contribution is 8.00. The first-order chi connectivity index (χ1) is 12.8. The van der Waals surface area contributed by atoms with Crippen LogP contribution in [0, 0.1) is 19.7 Å². The van der Waals surface area contributed by atoms with Gasteiger partial charge in [0, 0.05) is 11.3 Å². The molecule has 0 saturated heterocycles. The molecule has 8 heteroatoms. The SMILES string of the molecule is Cc1ccc(C)c(NC(=O)[C@H](C)Sc2nnc(-c3ccc(F)cc3)n2N)c1. The number of amides is 1. The van der Waals surface area contributed by atoms with E-state index in [1.54, 1.807) is 19.1 Å². The first kappa shape index (κ1) is 18.9. The van der Waals surface area contributed by atoms with Crippen LogP contribution in [0.15, 0.2) is 47.6 Å². The van der Waals surface area contributed by atoms with Gasteiger partial charge in [-0.15, -0.1) is 10.2 Å². The molecular weight excluding hydrogens is 365 g/mol. The molecule has 0 aliphatic carbocycles. The summed E-state index contributed by atoms with van der Waals surface area (Å²) >= 11 is 1.20. The number of anilines is 1. The van der Waals surface area contributed by atoms with Gasteiger partial charge < -0.3 is 11.2 Å². The van der Waals surface area contributed by atoms with Gasteiger partial charge in [-0.3, -0.25) is 4.79 Å². The number of hydrogen-bond acceptors (Lipinski definition) is 5. The Morgan fingerprint density at radius 2 is 1.89 bits per heavy atom. The van der Waals surface area contributed by atoms with E-state index in [0.717, 1.165) is 16.8 Å². The quantitative estimate of drug-likeness (QED) is 0.518. The molecule has 140 valence electrons. The lowest BCUT2D eigenvalue weighted by molar-refractivity contribution is -0.115. The average molecular weight is 385 g/mol. The number of halogens is 1. The van der Waals surface area contributed by atoms with Crippen LogP contribution in [0.2, 0.25) is 0 Å². The van der Waals surface area contributed by atoms with Gasteiger partial charge in [0.1, 0.15) is 5.82 Å². The maximum Gasteiger partial charge on any atom is 0.237 e. The number of benzene rings is 2. The van der Waals surface area contributed by atoms with E-state index in [2.05, 4.69) is 15.5 Å². The molecule has 0 saturated carbocycles. The van der Waals surface area contributed by atoms with Crippen molar-refractivity contribution in [3.63, 3.8) is 0 Å². The van der Waals surface area contributed by atoms with Gasteiger partial charge in [-0.2, -0.15) is 0 Å². The molecule has 2 aromatic carbocycles. The number of nitrogens with two attached hydrogens (primary N) is 1. The lowest BCUT2D eigenvalue weighted by atomic mass is 10.1. The summed E-state index contributed by atoms with van der Waals surface area (Å²) in [4.78, 5) is 12.5. The third-order valence-corrected chi connectivity index (χ3v) is 5.13. The van der Waals surface area contributed by atoms with Crippen molar-refractivity contribution < 1.29 is 9.18 Å². The Morgan fingerprint density at radius 1 is 1.19 bits per heavy atom. The van der Waals surface area contributed by atoms with Crippen molar-refractivity contribution in [3.8, 4) is 11.4 Å². The largest absolute Gasteiger partial charge is 0.335 e. The van der Waals surface area contributed by atoms with E-state index in [4.69, 9.17) is 5.84 Å². The molecule has 0 bridgehead atoms. The Kier molecular flexibility index (Phi) is 5.46. The summed E-state index contributed by atoms with van der Waals surface area (Å²) in [6.07, 6.45) is 0. The summed E-state index contributed by atoms with van der Waals surface area (Å²) < 4.78 is 14.4. The van der Waals surface area contributed by atoms with Gasteiger partial charge >= 0.3 is 0 Å². The average Bonchev–Trinajstić information content (AvgIpc) is 2.99. The Bertz CT molecular complexity index is 971. The maximum atomic E-state index is 13.1. The molecule has 0 spiro atoms. The zero-order valence-electron chi connectivity index (χ0n) is 15.2. The second-order valence-electron chi connectivity index (χ2n) is 6.25. The highest BCUT2D eigenvalue weighted by atomic mass is 32.2. The summed E-state index contributed by atoms with van der Waals surface area (Å²) in [5.41, 5.74) is 3.49. The minimum Gasteiger partial charge on any atom is -0.335 e. The topological polar surface area (TPSA) is 85.8 Å². The van der Waals surface area contributed by atoms with Crippen molar-refractivity contribution >= 4 is 23.4 Å². The van der Waals surface area contributed by atoms with Crippen LogP contribution in [0.3, 0.4) is 0 Å². The minimum atomic E-state index is -0.433. The zero-order chi connectivity index (χ0) is 19.6. The summed E-state index contributed by atoms with van der Waals surface area (Å²) in [7, 11) is 0. The van der Waals surface area contributed by atoms with E-state index in [1.807, 2.05) is 32.0 Å². The van der Waals surface area contributed by atoms with Crippen molar-refractivity contribution in [1.29, 1.82) is 0 Å². The van der Waals surface area contributed by atoms with Crippen LogP contribution in [0.4, 0.5) is 10.1 Å². The molecule has 1 atom stereocenters. The second kappa shape index (κ2) is 7.79. The second-order valence-corrected chi connectivity index (χ2v) is 7.56. The predicted molar refractivity (Wildman–Crippen MR) is 105 cm³/mol. The molecule has 0 radical (unpaired) electrons. The van der Waals surface area contributed by atoms with Crippen LogP contribution in [-0.2, 0) is 4.79 Å². The van der Waals surface area contributed by atoms with Crippen LogP contribution >= 0.6 is 11.8 Å². The third-order valence-electron chi connectivity index (χ3n) is 4.07. The van der Waals surface area contributed by atoms with Crippen LogP contribution in [0.5, 0.6) is 0 Å². The van der Waals surface area contributed by atoms with Gasteiger partial charge in [-0.05, 0) is 62.2 Å². The normalized spacial score (nSPS) is 12.0. The molecular formula is C19H20FN5OS. The van der Waals surface area contributed by atoms with E-state index in [-0.39, 0.29) is 11.7 Å². The Morgan fingerprint density at radius 3 is 2.59 bits per heavy atom. The van der Waals surface area contributed by atoms with Crippen molar-refractivity contribution in [2.24, 2.45) is 0 Å². The third kappa shape index (κ3) is 4.28. The van der Waals surface area contributed by atoms with Crippen LogP contribution in [0.25, 0.3) is 11.4 Å². The molecule has 3 rings (SSSR count). The molecule has 1 heterocycles. The van der Waals surface area contributed by atoms with E-state index < -0.39 is 5.25 Å². The number of hydrogen-bond donors (Lipinski definition) is 2. The van der Waals surface area contributed by atoms with Gasteiger partial charge in [0.25, 0.3) is 0 Å². The molecule has 1 amide bonds. The van der Waals surface area contributed by atoms with E-state index in [9.17, 15) is 9.18 Å². The lowest BCUT2D eigenvalue weighted by Crippen LogP contribution is -2.24. The molecule has 27 heavy (non-hydrogen) atoms. The molecule has 0 unspecified atom stereocenters. The van der Waals surface area contributed by atoms with E-state index in [0.29, 0.717) is 16.5 Å². The van der Waals surface area contributed by atoms with Crippen molar-refractivity contribution in [3.05, 3.63) is 59.4 Å². The number of thioether (sulfide) groups is 1. The Hall–Kier alpha value is -2.87. The number of nitrogens with zero attached hydrogens (tertiary/aromatic N) is 3. The zero-order valence-corrected chi connectivity index (χ0v) is 16.0. The standard InChI is InChI=1S/C19H20FN5OS/c1-11-4-5-12(2)16(10-11)22-18(26)13(3)27-19-24-23-17(25(19)21)14-6-8-15(20)9-7-14/h4-10,13H,21H2,1-3H3,(H,22,26)/t13-/m0/s1. The Labute approximate surface area is 161 Å². The minimum absolute atomic E-state index is 0.153. The predicted octanol–water partition coefficient (Wildman–Crippen LogP) is 3.53. The summed E-state index contributed by atoms with van der Waals surface area (Å²) in [5.74, 6) is 5.97. The summed E-state index contributed by atoms with van der Waals surface area (Å²) in [6, 6.07) is 11.7. The molecule has 0 aliphatic rings. The van der Waals surface area contributed by atoms with Crippen molar-refractivity contribution in [2.45, 2.75) is 31.2 Å². The van der Waals surface area contributed by atoms with Gasteiger partial charge in [0.05, 0.1) is 5.25 Å². The molecule has 0 aliphatic heterocycles. The molecule has 6 nitrogen and oxygen atoms in total. The number of nitrogens with one attached hydrogen (secondary N) is 1. The fraction of sp³-hybridized carbons (Fsp3) is 0.211. The van der Waals surface area contributed by atoms with Crippen LogP contribution < -0.4 is 11.2 Å². The first-order valence-corrected chi connectivity index (χ1v) is 9.24. The number of aryl methyl sites for hydroxylation is 2. The number of aromatic nitrogens is 3. The number of rotatable bonds is 5. The van der Waals surface area contributed by atoms with Crippen LogP contribution in [0.1, 0.15) is 18.1 Å². The van der Waals surface area contributed by atoms with Crippen molar-refractivity contribution in [1.82, 2.24) is 14.9 Å². The smallest absolute Gasteiger partial charge is 0.237 e. The summed E-state index contributed by atoms with van der Waals surface area (Å²) in [5, 5.41) is 11.0. The fourth-order valence-electron chi connectivity index (χ4n) is 2.47. The van der Waals surface area contributed by atoms with E-state index in [1.165, 1.54) is 28.6 Å². The monoisotopic (exact) mass is 385 g/mol. The number of nitrogen functional groups attached to an aromatic ring is 1. The maximum absolute atomic E-state index is 13.1. The van der Waals surface area contributed by atoms with Gasteiger partial charge in [0.15, 0.2) is 5.82 Å². The van der Waals surface area contributed by atoms with Gasteiger partial charge in [-0.1, -0.05) is 23.9 Å². The van der Waals surface area contributed by atoms with E-state index >= 15 is 0 Å². The highest BCUT2D eigenvalue weighted by Gasteiger charge is 2.20. The highest BCUT2D eigenvalue weighted by Crippen LogP contribution is 2.26. The van der Waals surface area contributed by atoms with Crippen molar-refractivity contribution in [2.75, 3.05) is 11.2 Å². The lowest BCUT2D eigenvalue weighted by Gasteiger charge is -2.13. The molecule has 3 N–H and O–H groups in total. The molecule has 3 aromatic rings. The molecule has 1 aromatic heterocycles. The molecule has 0 fully saturated rings. The number of carbonyl (C=O) groups excluding carboxylic acids is 1. The Balaban J connectivity index is 1.72. The van der Waals surface area contributed by atoms with Crippen LogP contribution in [-0.4, -0.2) is 26.0 Å². The first-order valence-electron chi connectivity index (χ1n) is 8.36. The number of carbonyl (C=O) groups is 1. The van der Waals surface area contributed by atoms with Gasteiger partial charge in [0.2, 0.25) is 11.1 Å². The summed E-state index contributed by atoms with van der Waals surface area (Å²) in [6.45, 7) is 5.69. The fourth-order valence-corrected chi connectivity index (χ4v) is 3.24. The van der Waals surface area contributed by atoms with Gasteiger partial charge in [-0.25, -0.2) is 9.07 Å².